The molecule has 0 aromatic heterocycles. The van der Waals surface area contributed by atoms with Crippen LogP contribution in [-0.2, 0) is 6.54 Å². The Balaban J connectivity index is 2.18. The highest BCUT2D eigenvalue weighted by Crippen LogP contribution is 2.19. The Morgan fingerprint density at radius 1 is 1.17 bits per heavy atom. The second-order valence-electron chi connectivity index (χ2n) is 4.55. The summed E-state index contributed by atoms with van der Waals surface area (Å²) in [4.78, 5) is 2.02. The predicted octanol–water partition coefficient (Wildman–Crippen LogP) is 3.35. The average molecular weight is 244 g/mol. The summed E-state index contributed by atoms with van der Waals surface area (Å²) in [6.45, 7) is 2.57. The van der Waals surface area contributed by atoms with Crippen molar-refractivity contribution in [2.75, 3.05) is 17.7 Å². The van der Waals surface area contributed by atoms with Crippen molar-refractivity contribution in [2.45, 2.75) is 13.5 Å². The minimum atomic E-state index is -0.255. The molecule has 0 fully saturated rings. The van der Waals surface area contributed by atoms with E-state index in [1.807, 2.05) is 37.1 Å². The maximum absolute atomic E-state index is 13.7. The molecule has 94 valence electrons. The number of rotatable bonds is 3. The van der Waals surface area contributed by atoms with Crippen LogP contribution in [0.2, 0.25) is 0 Å². The Kier molecular flexibility index (Phi) is 3.51. The van der Waals surface area contributed by atoms with Crippen molar-refractivity contribution in [3.8, 4) is 0 Å². The van der Waals surface area contributed by atoms with Gasteiger partial charge in [0.15, 0.2) is 0 Å². The first kappa shape index (κ1) is 12.4. The van der Waals surface area contributed by atoms with E-state index in [2.05, 4.69) is 6.07 Å². The summed E-state index contributed by atoms with van der Waals surface area (Å²) >= 11 is 0. The van der Waals surface area contributed by atoms with Crippen molar-refractivity contribution >= 4 is 11.4 Å². The smallest absolute Gasteiger partial charge is 0.130 e. The van der Waals surface area contributed by atoms with Crippen molar-refractivity contribution in [3.05, 3.63) is 59.4 Å². The Morgan fingerprint density at radius 2 is 1.94 bits per heavy atom. The van der Waals surface area contributed by atoms with Crippen LogP contribution in [0.5, 0.6) is 0 Å². The number of nitrogen functional groups attached to an aromatic ring is 1. The molecule has 0 aliphatic carbocycles. The molecule has 18 heavy (non-hydrogen) atoms. The van der Waals surface area contributed by atoms with Gasteiger partial charge in [0, 0.05) is 30.5 Å². The van der Waals surface area contributed by atoms with Gasteiger partial charge >= 0.3 is 0 Å². The van der Waals surface area contributed by atoms with Crippen LogP contribution in [-0.4, -0.2) is 7.05 Å². The van der Waals surface area contributed by atoms with Crippen molar-refractivity contribution in [3.63, 3.8) is 0 Å². The first-order chi connectivity index (χ1) is 8.56. The molecular weight excluding hydrogens is 227 g/mol. The van der Waals surface area contributed by atoms with E-state index >= 15 is 0 Å². The lowest BCUT2D eigenvalue weighted by Crippen LogP contribution is -2.17. The Hall–Kier alpha value is -2.03. The van der Waals surface area contributed by atoms with Gasteiger partial charge in [-0.05, 0) is 36.8 Å². The monoisotopic (exact) mass is 244 g/mol. The van der Waals surface area contributed by atoms with E-state index < -0.39 is 0 Å². The van der Waals surface area contributed by atoms with Gasteiger partial charge in [-0.15, -0.1) is 0 Å². The number of nitrogens with two attached hydrogens (primary N) is 1. The molecule has 2 nitrogen and oxygen atoms in total. The molecule has 0 spiro atoms. The lowest BCUT2D eigenvalue weighted by molar-refractivity contribution is 0.608. The number of aryl methyl sites for hydroxylation is 1. The van der Waals surface area contributed by atoms with E-state index in [0.717, 1.165) is 5.69 Å². The second kappa shape index (κ2) is 5.08. The van der Waals surface area contributed by atoms with E-state index in [1.54, 1.807) is 12.1 Å². The van der Waals surface area contributed by atoms with Crippen molar-refractivity contribution in [2.24, 2.45) is 0 Å². The summed E-state index contributed by atoms with van der Waals surface area (Å²) in [6, 6.07) is 13.0. The molecule has 2 N–H and O–H groups in total. The van der Waals surface area contributed by atoms with Gasteiger partial charge in [0.1, 0.15) is 5.82 Å². The zero-order valence-electron chi connectivity index (χ0n) is 10.7. The fourth-order valence-corrected chi connectivity index (χ4v) is 1.90. The van der Waals surface area contributed by atoms with Crippen LogP contribution in [0.15, 0.2) is 42.5 Å². The molecule has 2 aromatic carbocycles. The summed E-state index contributed by atoms with van der Waals surface area (Å²) < 4.78 is 13.7. The highest BCUT2D eigenvalue weighted by Gasteiger charge is 2.07. The third-order valence-corrected chi connectivity index (χ3v) is 2.93. The summed E-state index contributed by atoms with van der Waals surface area (Å²) in [5.74, 6) is -0.255. The van der Waals surface area contributed by atoms with Crippen molar-refractivity contribution < 1.29 is 4.39 Å². The molecule has 0 bridgehead atoms. The molecule has 2 rings (SSSR count). The summed E-state index contributed by atoms with van der Waals surface area (Å²) in [5.41, 5.74) is 8.90. The van der Waals surface area contributed by atoms with Gasteiger partial charge < -0.3 is 10.6 Å². The standard InChI is InChI=1S/C15H17FN2/c1-11-4-3-5-14(8-11)18(2)10-12-6-7-13(17)9-15(12)16/h3-9H,10,17H2,1-2H3. The summed E-state index contributed by atoms with van der Waals surface area (Å²) in [6.07, 6.45) is 0. The maximum atomic E-state index is 13.7. The topological polar surface area (TPSA) is 29.3 Å². The molecule has 0 unspecified atom stereocenters. The van der Waals surface area contributed by atoms with Gasteiger partial charge in [-0.25, -0.2) is 4.39 Å². The van der Waals surface area contributed by atoms with Gasteiger partial charge in [0.05, 0.1) is 0 Å². The minimum absolute atomic E-state index is 0.255. The highest BCUT2D eigenvalue weighted by atomic mass is 19.1. The first-order valence-corrected chi connectivity index (χ1v) is 5.88. The maximum Gasteiger partial charge on any atom is 0.130 e. The summed E-state index contributed by atoms with van der Waals surface area (Å²) in [7, 11) is 1.95. The number of benzene rings is 2. The fraction of sp³-hybridized carbons (Fsp3) is 0.200. The van der Waals surface area contributed by atoms with Crippen LogP contribution in [0.25, 0.3) is 0 Å². The molecule has 0 aliphatic heterocycles. The first-order valence-electron chi connectivity index (χ1n) is 5.88. The van der Waals surface area contributed by atoms with Crippen LogP contribution in [0.1, 0.15) is 11.1 Å². The van der Waals surface area contributed by atoms with E-state index in [9.17, 15) is 4.39 Å². The van der Waals surface area contributed by atoms with Crippen LogP contribution in [0, 0.1) is 12.7 Å². The van der Waals surface area contributed by atoms with Crippen molar-refractivity contribution in [1.82, 2.24) is 0 Å². The van der Waals surface area contributed by atoms with Gasteiger partial charge in [0.2, 0.25) is 0 Å². The van der Waals surface area contributed by atoms with Gasteiger partial charge in [0.25, 0.3) is 0 Å². The van der Waals surface area contributed by atoms with Gasteiger partial charge in [-0.3, -0.25) is 0 Å². The van der Waals surface area contributed by atoms with E-state index in [4.69, 9.17) is 5.73 Å². The van der Waals surface area contributed by atoms with E-state index in [-0.39, 0.29) is 5.82 Å². The fourth-order valence-electron chi connectivity index (χ4n) is 1.90. The molecule has 0 amide bonds. The molecular formula is C15H17FN2. The SMILES string of the molecule is Cc1cccc(N(C)Cc2ccc(N)cc2F)c1. The largest absolute Gasteiger partial charge is 0.399 e. The number of halogens is 1. The Bertz CT molecular complexity index is 552. The van der Waals surface area contributed by atoms with Gasteiger partial charge in [-0.2, -0.15) is 0 Å². The van der Waals surface area contributed by atoms with Crippen LogP contribution in [0.4, 0.5) is 15.8 Å². The van der Waals surface area contributed by atoms with Crippen LogP contribution >= 0.6 is 0 Å². The summed E-state index contributed by atoms with van der Waals surface area (Å²) in [5, 5.41) is 0. The zero-order chi connectivity index (χ0) is 13.1. The van der Waals surface area contributed by atoms with Crippen LogP contribution in [0.3, 0.4) is 0 Å². The Morgan fingerprint density at radius 3 is 2.61 bits per heavy atom. The number of anilines is 2. The highest BCUT2D eigenvalue weighted by molar-refractivity contribution is 5.49. The molecule has 0 atom stereocenters. The lowest BCUT2D eigenvalue weighted by atomic mass is 10.1. The quantitative estimate of drug-likeness (QED) is 0.839. The molecule has 0 heterocycles. The molecule has 0 radical (unpaired) electrons. The van der Waals surface area contributed by atoms with E-state index in [1.165, 1.54) is 11.6 Å². The average Bonchev–Trinajstić information content (AvgIpc) is 2.32. The van der Waals surface area contributed by atoms with Crippen LogP contribution < -0.4 is 10.6 Å². The number of nitrogens with zero attached hydrogens (tertiary/aromatic N) is 1. The second-order valence-corrected chi connectivity index (χ2v) is 4.55. The molecule has 0 aliphatic rings. The molecule has 0 saturated heterocycles. The third-order valence-electron chi connectivity index (χ3n) is 2.93. The van der Waals surface area contributed by atoms with E-state index in [0.29, 0.717) is 17.8 Å². The zero-order valence-corrected chi connectivity index (χ0v) is 10.7. The predicted molar refractivity (Wildman–Crippen MR) is 74.1 cm³/mol. The molecule has 2 aromatic rings. The van der Waals surface area contributed by atoms with Crippen molar-refractivity contribution in [1.29, 1.82) is 0 Å². The lowest BCUT2D eigenvalue weighted by Gasteiger charge is -2.20. The molecule has 3 heteroatoms. The normalized spacial score (nSPS) is 10.4. The molecule has 0 saturated carbocycles. The third kappa shape index (κ3) is 2.80. The minimum Gasteiger partial charge on any atom is -0.399 e. The number of hydrogen-bond donors (Lipinski definition) is 1. The Labute approximate surface area is 107 Å². The van der Waals surface area contributed by atoms with Gasteiger partial charge in [-0.1, -0.05) is 18.2 Å². The number of hydrogen-bond acceptors (Lipinski definition) is 2.